The van der Waals surface area contributed by atoms with Crippen LogP contribution in [0.25, 0.3) is 0 Å². The lowest BCUT2D eigenvalue weighted by molar-refractivity contribution is 0.535. The molecule has 0 unspecified atom stereocenters. The number of nitrogens with one attached hydrogen (secondary N) is 1. The summed E-state index contributed by atoms with van der Waals surface area (Å²) in [6.07, 6.45) is 1.59. The fourth-order valence-corrected chi connectivity index (χ4v) is 0.535. The van der Waals surface area contributed by atoms with E-state index in [1.54, 1.807) is 12.3 Å². The van der Waals surface area contributed by atoms with E-state index < -0.39 is 0 Å². The van der Waals surface area contributed by atoms with Crippen molar-refractivity contribution in [2.75, 3.05) is 5.43 Å². The Balaban J connectivity index is 2.92. The maximum atomic E-state index is 5.09. The molecular weight excluding hydrogens is 104 g/mol. The lowest BCUT2D eigenvalue weighted by atomic mass is 10.4. The van der Waals surface area contributed by atoms with E-state index in [4.69, 9.17) is 10.3 Å². The molecule has 44 valence electrons. The molecule has 3 heteroatoms. The molecule has 0 radical (unpaired) electrons. The average molecular weight is 112 g/mol. The molecule has 0 saturated heterocycles. The van der Waals surface area contributed by atoms with Crippen molar-refractivity contribution in [2.24, 2.45) is 5.84 Å². The average Bonchev–Trinajstić information content (AvgIpc) is 2.14. The number of hydrogen-bond donors (Lipinski definition) is 2. The van der Waals surface area contributed by atoms with Crippen LogP contribution in [0.3, 0.4) is 0 Å². The predicted molar refractivity (Wildman–Crippen MR) is 31.3 cm³/mol. The number of nitrogen functional groups attached to an aromatic ring is 1. The van der Waals surface area contributed by atoms with Gasteiger partial charge in [0.05, 0.1) is 12.0 Å². The van der Waals surface area contributed by atoms with Crippen molar-refractivity contribution < 1.29 is 4.42 Å². The van der Waals surface area contributed by atoms with Gasteiger partial charge in [0.15, 0.2) is 0 Å². The Bertz CT molecular complexity index is 171. The summed E-state index contributed by atoms with van der Waals surface area (Å²) in [6, 6.07) is 1.77. The van der Waals surface area contributed by atoms with Crippen LogP contribution < -0.4 is 11.3 Å². The molecular formula is C5H8N2O. The van der Waals surface area contributed by atoms with E-state index in [0.29, 0.717) is 0 Å². The van der Waals surface area contributed by atoms with Crippen LogP contribution in [0.5, 0.6) is 0 Å². The van der Waals surface area contributed by atoms with Crippen molar-refractivity contribution in [2.45, 2.75) is 6.92 Å². The minimum Gasteiger partial charge on any atom is -0.467 e. The maximum absolute atomic E-state index is 5.09. The number of aryl methyl sites for hydroxylation is 1. The van der Waals surface area contributed by atoms with Gasteiger partial charge in [0.25, 0.3) is 0 Å². The van der Waals surface area contributed by atoms with Crippen LogP contribution in [-0.4, -0.2) is 0 Å². The summed E-state index contributed by atoms with van der Waals surface area (Å²) >= 11 is 0. The summed E-state index contributed by atoms with van der Waals surface area (Å²) in [4.78, 5) is 0. The summed E-state index contributed by atoms with van der Waals surface area (Å²) in [5.74, 6) is 5.90. The molecule has 1 aromatic rings. The van der Waals surface area contributed by atoms with Gasteiger partial charge >= 0.3 is 0 Å². The molecule has 0 amide bonds. The molecule has 1 heterocycles. The summed E-state index contributed by atoms with van der Waals surface area (Å²) in [5.41, 5.74) is 3.32. The zero-order valence-corrected chi connectivity index (χ0v) is 4.64. The Hall–Kier alpha value is -0.960. The molecule has 0 aliphatic heterocycles. The normalized spacial score (nSPS) is 9.25. The highest BCUT2D eigenvalue weighted by Gasteiger charge is 1.94. The van der Waals surface area contributed by atoms with Crippen LogP contribution in [0.4, 0.5) is 5.69 Å². The SMILES string of the molecule is Cc1occc1NN. The largest absolute Gasteiger partial charge is 0.467 e. The van der Waals surface area contributed by atoms with E-state index in [1.807, 2.05) is 6.92 Å². The fourth-order valence-electron chi connectivity index (χ4n) is 0.535. The van der Waals surface area contributed by atoms with E-state index in [2.05, 4.69) is 5.43 Å². The van der Waals surface area contributed by atoms with Crippen molar-refractivity contribution in [3.05, 3.63) is 18.1 Å². The summed E-state index contributed by atoms with van der Waals surface area (Å²) in [5, 5.41) is 0. The smallest absolute Gasteiger partial charge is 0.125 e. The molecule has 0 atom stereocenters. The Kier molecular flexibility index (Phi) is 1.22. The van der Waals surface area contributed by atoms with Crippen molar-refractivity contribution in [1.82, 2.24) is 0 Å². The van der Waals surface area contributed by atoms with Crippen LogP contribution >= 0.6 is 0 Å². The molecule has 0 aromatic carbocycles. The molecule has 1 aromatic heterocycles. The van der Waals surface area contributed by atoms with Gasteiger partial charge in [-0.1, -0.05) is 0 Å². The molecule has 0 aliphatic carbocycles. The molecule has 0 bridgehead atoms. The molecule has 3 nitrogen and oxygen atoms in total. The minimum absolute atomic E-state index is 0.813. The molecule has 1 rings (SSSR count). The Morgan fingerprint density at radius 1 is 1.75 bits per heavy atom. The molecule has 0 spiro atoms. The lowest BCUT2D eigenvalue weighted by Crippen LogP contribution is -2.06. The van der Waals surface area contributed by atoms with Gasteiger partial charge in [-0.3, -0.25) is 5.84 Å². The van der Waals surface area contributed by atoms with Crippen LogP contribution in [0.1, 0.15) is 5.76 Å². The molecule has 0 saturated carbocycles. The predicted octanol–water partition coefficient (Wildman–Crippen LogP) is 0.874. The molecule has 0 aliphatic rings. The van der Waals surface area contributed by atoms with Crippen molar-refractivity contribution in [3.63, 3.8) is 0 Å². The highest BCUT2D eigenvalue weighted by molar-refractivity contribution is 5.43. The number of hydrazine groups is 1. The standard InChI is InChI=1S/C5H8N2O/c1-4-5(7-6)2-3-8-4/h2-3,7H,6H2,1H3. The van der Waals surface area contributed by atoms with Gasteiger partial charge in [-0.25, -0.2) is 0 Å². The number of nitrogens with two attached hydrogens (primary N) is 1. The third kappa shape index (κ3) is 0.675. The number of rotatable bonds is 1. The van der Waals surface area contributed by atoms with E-state index in [9.17, 15) is 0 Å². The lowest BCUT2D eigenvalue weighted by Gasteiger charge is -1.91. The zero-order valence-electron chi connectivity index (χ0n) is 4.64. The monoisotopic (exact) mass is 112 g/mol. The van der Waals surface area contributed by atoms with Crippen LogP contribution in [0, 0.1) is 6.92 Å². The Morgan fingerprint density at radius 2 is 2.50 bits per heavy atom. The number of hydrogen-bond acceptors (Lipinski definition) is 3. The minimum atomic E-state index is 0.813. The number of furan rings is 1. The van der Waals surface area contributed by atoms with Gasteiger partial charge < -0.3 is 9.84 Å². The second-order valence-electron chi connectivity index (χ2n) is 1.53. The fraction of sp³-hybridized carbons (Fsp3) is 0.200. The van der Waals surface area contributed by atoms with Gasteiger partial charge in [0.2, 0.25) is 0 Å². The maximum Gasteiger partial charge on any atom is 0.125 e. The van der Waals surface area contributed by atoms with E-state index >= 15 is 0 Å². The van der Waals surface area contributed by atoms with Crippen molar-refractivity contribution >= 4 is 5.69 Å². The van der Waals surface area contributed by atoms with Gasteiger partial charge in [-0.15, -0.1) is 0 Å². The van der Waals surface area contributed by atoms with E-state index in [0.717, 1.165) is 11.4 Å². The first-order valence-corrected chi connectivity index (χ1v) is 2.35. The second kappa shape index (κ2) is 1.88. The third-order valence-corrected chi connectivity index (χ3v) is 1.01. The summed E-state index contributed by atoms with van der Waals surface area (Å²) in [7, 11) is 0. The van der Waals surface area contributed by atoms with Crippen LogP contribution in [0.15, 0.2) is 16.7 Å². The number of anilines is 1. The van der Waals surface area contributed by atoms with Gasteiger partial charge in [0.1, 0.15) is 5.76 Å². The third-order valence-electron chi connectivity index (χ3n) is 1.01. The second-order valence-corrected chi connectivity index (χ2v) is 1.53. The van der Waals surface area contributed by atoms with Gasteiger partial charge in [0, 0.05) is 6.07 Å². The van der Waals surface area contributed by atoms with Gasteiger partial charge in [-0.05, 0) is 6.92 Å². The zero-order chi connectivity index (χ0) is 5.98. The first-order valence-electron chi connectivity index (χ1n) is 2.35. The van der Waals surface area contributed by atoms with Crippen LogP contribution in [-0.2, 0) is 0 Å². The highest BCUT2D eigenvalue weighted by atomic mass is 16.3. The van der Waals surface area contributed by atoms with E-state index in [-0.39, 0.29) is 0 Å². The molecule has 0 fully saturated rings. The van der Waals surface area contributed by atoms with E-state index in [1.165, 1.54) is 0 Å². The van der Waals surface area contributed by atoms with Gasteiger partial charge in [-0.2, -0.15) is 0 Å². The van der Waals surface area contributed by atoms with Crippen LogP contribution in [0.2, 0.25) is 0 Å². The summed E-state index contributed by atoms with van der Waals surface area (Å²) < 4.78 is 4.91. The first-order chi connectivity index (χ1) is 3.84. The first kappa shape index (κ1) is 5.18. The topological polar surface area (TPSA) is 51.2 Å². The molecule has 3 N–H and O–H groups in total. The molecule has 8 heavy (non-hydrogen) atoms. The highest BCUT2D eigenvalue weighted by Crippen LogP contribution is 2.12. The Morgan fingerprint density at radius 3 is 2.75 bits per heavy atom. The van der Waals surface area contributed by atoms with Crippen molar-refractivity contribution in [3.8, 4) is 0 Å². The quantitative estimate of drug-likeness (QED) is 0.418. The van der Waals surface area contributed by atoms with Crippen molar-refractivity contribution in [1.29, 1.82) is 0 Å². The summed E-state index contributed by atoms with van der Waals surface area (Å²) in [6.45, 7) is 1.84. The Labute approximate surface area is 47.5 Å².